The van der Waals surface area contributed by atoms with E-state index in [0.29, 0.717) is 12.3 Å². The summed E-state index contributed by atoms with van der Waals surface area (Å²) in [5, 5.41) is 0. The van der Waals surface area contributed by atoms with Gasteiger partial charge in [-0.1, -0.05) is 0 Å². The molecule has 1 aromatic carbocycles. The van der Waals surface area contributed by atoms with Gasteiger partial charge in [-0.15, -0.1) is 24.8 Å². The van der Waals surface area contributed by atoms with E-state index in [9.17, 15) is 17.6 Å². The third-order valence-corrected chi connectivity index (χ3v) is 2.10. The van der Waals surface area contributed by atoms with E-state index in [1.165, 1.54) is 0 Å². The van der Waals surface area contributed by atoms with Crippen molar-refractivity contribution in [1.82, 2.24) is 0 Å². The molecule has 0 heterocycles. The van der Waals surface area contributed by atoms with Gasteiger partial charge in [0.1, 0.15) is 11.6 Å². The van der Waals surface area contributed by atoms with Crippen LogP contribution in [0.15, 0.2) is 18.2 Å². The van der Waals surface area contributed by atoms with E-state index in [1.807, 2.05) is 0 Å². The highest BCUT2D eigenvalue weighted by Gasteiger charge is 2.32. The molecule has 1 aromatic rings. The maximum atomic E-state index is 12.8. The van der Waals surface area contributed by atoms with Crippen LogP contribution in [-0.2, 0) is 6.42 Å². The summed E-state index contributed by atoms with van der Waals surface area (Å²) in [6, 6.07) is 2.91. The van der Waals surface area contributed by atoms with Crippen molar-refractivity contribution in [3.05, 3.63) is 29.6 Å². The Labute approximate surface area is 95.0 Å². The van der Waals surface area contributed by atoms with Crippen molar-refractivity contribution in [1.29, 1.82) is 0 Å². The van der Waals surface area contributed by atoms with Crippen LogP contribution in [0.1, 0.15) is 12.0 Å². The molecule has 0 amide bonds. The molecule has 0 atom stereocenters. The minimum absolute atomic E-state index is 0.165. The molecular formula is C10H9ClF4O. The zero-order valence-corrected chi connectivity index (χ0v) is 8.91. The number of rotatable bonds is 4. The summed E-state index contributed by atoms with van der Waals surface area (Å²) in [4.78, 5) is 0. The molecule has 0 saturated carbocycles. The van der Waals surface area contributed by atoms with Gasteiger partial charge in [-0.25, -0.2) is 4.39 Å². The van der Waals surface area contributed by atoms with E-state index in [2.05, 4.69) is 4.74 Å². The largest absolute Gasteiger partial charge is 0.573 e. The Morgan fingerprint density at radius 2 is 1.94 bits per heavy atom. The molecule has 1 rings (SSSR count). The SMILES string of the molecule is Fc1ccc(OC(F)(F)F)c(CCCCl)c1. The predicted molar refractivity (Wildman–Crippen MR) is 52.1 cm³/mol. The molecule has 0 bridgehead atoms. The van der Waals surface area contributed by atoms with Crippen molar-refractivity contribution < 1.29 is 22.3 Å². The number of halogens is 5. The highest BCUT2D eigenvalue weighted by Crippen LogP contribution is 2.27. The van der Waals surface area contributed by atoms with Crippen molar-refractivity contribution in [2.75, 3.05) is 5.88 Å². The molecular weight excluding hydrogens is 248 g/mol. The lowest BCUT2D eigenvalue weighted by molar-refractivity contribution is -0.274. The van der Waals surface area contributed by atoms with Crippen LogP contribution in [0.4, 0.5) is 17.6 Å². The molecule has 0 spiro atoms. The number of hydrogen-bond donors (Lipinski definition) is 0. The average Bonchev–Trinajstić information content (AvgIpc) is 2.16. The Bertz CT molecular complexity index is 351. The van der Waals surface area contributed by atoms with Gasteiger partial charge in [0, 0.05) is 5.88 Å². The molecule has 0 N–H and O–H groups in total. The Morgan fingerprint density at radius 3 is 2.50 bits per heavy atom. The van der Waals surface area contributed by atoms with Gasteiger partial charge in [0.05, 0.1) is 0 Å². The fourth-order valence-electron chi connectivity index (χ4n) is 1.22. The van der Waals surface area contributed by atoms with Gasteiger partial charge in [-0.05, 0) is 36.6 Å². The molecule has 0 aliphatic rings. The van der Waals surface area contributed by atoms with E-state index in [-0.39, 0.29) is 17.7 Å². The molecule has 16 heavy (non-hydrogen) atoms. The zero-order valence-electron chi connectivity index (χ0n) is 8.15. The van der Waals surface area contributed by atoms with Crippen molar-refractivity contribution in [3.8, 4) is 5.75 Å². The molecule has 0 fully saturated rings. The highest BCUT2D eigenvalue weighted by atomic mass is 35.5. The zero-order chi connectivity index (χ0) is 12.2. The van der Waals surface area contributed by atoms with Crippen LogP contribution in [-0.4, -0.2) is 12.2 Å². The van der Waals surface area contributed by atoms with Crippen LogP contribution in [0.25, 0.3) is 0 Å². The Kier molecular flexibility index (Phi) is 4.41. The molecule has 0 unspecified atom stereocenters. The Balaban J connectivity index is 2.89. The predicted octanol–water partition coefficient (Wildman–Crippen LogP) is 3.90. The Hall–Kier alpha value is -0.970. The summed E-state index contributed by atoms with van der Waals surface area (Å²) in [6.07, 6.45) is -4.07. The smallest absolute Gasteiger partial charge is 0.405 e. The number of alkyl halides is 4. The molecule has 0 aliphatic heterocycles. The van der Waals surface area contributed by atoms with Gasteiger partial charge >= 0.3 is 6.36 Å². The van der Waals surface area contributed by atoms with Gasteiger partial charge in [0.15, 0.2) is 0 Å². The van der Waals surface area contributed by atoms with E-state index in [1.54, 1.807) is 0 Å². The molecule has 1 nitrogen and oxygen atoms in total. The second-order valence-corrected chi connectivity index (χ2v) is 3.47. The van der Waals surface area contributed by atoms with Crippen molar-refractivity contribution in [3.63, 3.8) is 0 Å². The third-order valence-electron chi connectivity index (χ3n) is 1.83. The summed E-state index contributed by atoms with van der Waals surface area (Å²) in [5.41, 5.74) is 0.165. The normalized spacial score (nSPS) is 11.6. The summed E-state index contributed by atoms with van der Waals surface area (Å²) in [5.74, 6) is -0.680. The van der Waals surface area contributed by atoms with Crippen LogP contribution in [0.2, 0.25) is 0 Å². The van der Waals surface area contributed by atoms with Crippen LogP contribution < -0.4 is 4.74 Å². The van der Waals surface area contributed by atoms with Crippen LogP contribution in [0.5, 0.6) is 5.75 Å². The van der Waals surface area contributed by atoms with Crippen LogP contribution in [0, 0.1) is 5.82 Å². The molecule has 0 aliphatic carbocycles. The van der Waals surface area contributed by atoms with E-state index in [4.69, 9.17) is 11.6 Å². The molecule has 6 heteroatoms. The fraction of sp³-hybridized carbons (Fsp3) is 0.400. The summed E-state index contributed by atoms with van der Waals surface area (Å²) in [7, 11) is 0. The lowest BCUT2D eigenvalue weighted by atomic mass is 10.1. The van der Waals surface area contributed by atoms with Crippen LogP contribution >= 0.6 is 11.6 Å². The van der Waals surface area contributed by atoms with Gasteiger partial charge in [0.25, 0.3) is 0 Å². The first-order valence-corrected chi connectivity index (χ1v) is 5.06. The average molecular weight is 257 g/mol. The molecule has 0 saturated heterocycles. The summed E-state index contributed by atoms with van der Waals surface area (Å²) >= 11 is 5.42. The first-order chi connectivity index (χ1) is 7.42. The van der Waals surface area contributed by atoms with Crippen molar-refractivity contribution in [2.45, 2.75) is 19.2 Å². The first kappa shape index (κ1) is 13.1. The van der Waals surface area contributed by atoms with Gasteiger partial charge in [0.2, 0.25) is 0 Å². The second-order valence-electron chi connectivity index (χ2n) is 3.09. The maximum Gasteiger partial charge on any atom is 0.573 e. The standard InChI is InChI=1S/C10H9ClF4O/c11-5-1-2-7-6-8(12)3-4-9(7)16-10(13,14)15/h3-4,6H,1-2,5H2. The van der Waals surface area contributed by atoms with E-state index in [0.717, 1.165) is 18.2 Å². The topological polar surface area (TPSA) is 9.23 Å². The van der Waals surface area contributed by atoms with Gasteiger partial charge in [-0.3, -0.25) is 0 Å². The second kappa shape index (κ2) is 5.39. The van der Waals surface area contributed by atoms with Gasteiger partial charge < -0.3 is 4.74 Å². The lowest BCUT2D eigenvalue weighted by Gasteiger charge is -2.12. The first-order valence-electron chi connectivity index (χ1n) is 4.52. The summed E-state index contributed by atoms with van der Waals surface area (Å²) < 4.78 is 52.6. The maximum absolute atomic E-state index is 12.8. The van der Waals surface area contributed by atoms with E-state index < -0.39 is 12.2 Å². The van der Waals surface area contributed by atoms with Crippen LogP contribution in [0.3, 0.4) is 0 Å². The minimum Gasteiger partial charge on any atom is -0.405 e. The van der Waals surface area contributed by atoms with E-state index >= 15 is 0 Å². The molecule has 0 aromatic heterocycles. The highest BCUT2D eigenvalue weighted by molar-refractivity contribution is 6.17. The monoisotopic (exact) mass is 256 g/mol. The number of hydrogen-bond acceptors (Lipinski definition) is 1. The van der Waals surface area contributed by atoms with Crippen molar-refractivity contribution >= 4 is 11.6 Å². The molecule has 90 valence electrons. The fourth-order valence-corrected chi connectivity index (χ4v) is 1.36. The van der Waals surface area contributed by atoms with Crippen molar-refractivity contribution in [2.24, 2.45) is 0 Å². The number of ether oxygens (including phenoxy) is 1. The van der Waals surface area contributed by atoms with Gasteiger partial charge in [-0.2, -0.15) is 0 Å². The quantitative estimate of drug-likeness (QED) is 0.586. The third kappa shape index (κ3) is 4.26. The molecule has 0 radical (unpaired) electrons. The Morgan fingerprint density at radius 1 is 1.25 bits per heavy atom. The lowest BCUT2D eigenvalue weighted by Crippen LogP contribution is -2.18. The number of aryl methyl sites for hydroxylation is 1. The summed E-state index contributed by atoms with van der Waals surface area (Å²) in [6.45, 7) is 0. The minimum atomic E-state index is -4.77. The number of benzene rings is 1.